The van der Waals surface area contributed by atoms with Gasteiger partial charge >= 0.3 is 39.5 Å². The first kappa shape index (κ1) is 91.0. The molecular weight excluding hydrogens is 1230 g/mol. The Morgan fingerprint density at radius 3 is 0.777 bits per heavy atom. The highest BCUT2D eigenvalue weighted by Crippen LogP contribution is 2.45. The van der Waals surface area contributed by atoms with Crippen molar-refractivity contribution in [1.82, 2.24) is 0 Å². The van der Waals surface area contributed by atoms with E-state index in [9.17, 15) is 43.2 Å². The minimum Gasteiger partial charge on any atom is -0.462 e. The molecule has 0 spiro atoms. The number of esters is 4. The van der Waals surface area contributed by atoms with E-state index >= 15 is 0 Å². The Balaban J connectivity index is 5.20. The molecule has 17 nitrogen and oxygen atoms in total. The molecule has 0 saturated heterocycles. The van der Waals surface area contributed by atoms with E-state index in [0.717, 1.165) is 128 Å². The number of aliphatic hydroxyl groups is 1. The highest BCUT2D eigenvalue weighted by molar-refractivity contribution is 7.47. The number of aliphatic hydroxyl groups excluding tert-OH is 1. The van der Waals surface area contributed by atoms with Crippen LogP contribution in [-0.4, -0.2) is 96.7 Å². The standard InChI is InChI=1S/C75H138O17P2/c1-5-9-13-17-20-23-26-29-32-33-34-35-38-41-44-47-50-54-58-62-75(80)92-71(66-86-73(78)60-56-52-48-45-42-39-36-30-27-24-21-18-14-10-6-2)68-90-94(83,84)88-64-69(76)63-87-93(81,82)89-67-70(65-85-72(77)59-55-51-16-12-8-4)91-74(79)61-57-53-49-46-43-40-37-31-28-25-22-19-15-11-7-3/h24-25,27-28,30-31,36-37,69-71,76H,5-23,26,29,32-35,38-68H2,1-4H3,(H,81,82)(H,83,84)/b27-24-,28-25-,36-30-,37-31-/t69-,70+,71+/m0/s1. The summed E-state index contributed by atoms with van der Waals surface area (Å²) >= 11 is 0. The number of hydrogen-bond donors (Lipinski definition) is 3. The van der Waals surface area contributed by atoms with Gasteiger partial charge in [-0.2, -0.15) is 0 Å². The zero-order valence-corrected chi connectivity index (χ0v) is 61.7. The normalized spacial score (nSPS) is 14.2. The van der Waals surface area contributed by atoms with Crippen molar-refractivity contribution >= 4 is 39.5 Å². The molecule has 0 aromatic heterocycles. The topological polar surface area (TPSA) is 237 Å². The van der Waals surface area contributed by atoms with Crippen LogP contribution in [0.5, 0.6) is 0 Å². The Morgan fingerprint density at radius 2 is 0.511 bits per heavy atom. The first-order chi connectivity index (χ1) is 45.7. The molecule has 94 heavy (non-hydrogen) atoms. The smallest absolute Gasteiger partial charge is 0.462 e. The second-order valence-electron chi connectivity index (χ2n) is 25.7. The summed E-state index contributed by atoms with van der Waals surface area (Å²) in [5.74, 6) is -2.19. The van der Waals surface area contributed by atoms with Gasteiger partial charge in [0.1, 0.15) is 19.3 Å². The van der Waals surface area contributed by atoms with Crippen LogP contribution < -0.4 is 0 Å². The minimum atomic E-state index is -4.96. The molecule has 0 fully saturated rings. The molecule has 5 atom stereocenters. The number of phosphoric ester groups is 2. The number of ether oxygens (including phenoxy) is 4. The van der Waals surface area contributed by atoms with Gasteiger partial charge in [0.05, 0.1) is 26.4 Å². The van der Waals surface area contributed by atoms with E-state index in [1.54, 1.807) is 0 Å². The Kier molecular flexibility index (Phi) is 66.4. The lowest BCUT2D eigenvalue weighted by Gasteiger charge is -2.21. The van der Waals surface area contributed by atoms with Crippen molar-refractivity contribution in [3.05, 3.63) is 48.6 Å². The highest BCUT2D eigenvalue weighted by Gasteiger charge is 2.30. The molecule has 0 amide bonds. The van der Waals surface area contributed by atoms with E-state index in [4.69, 9.17) is 37.0 Å². The zero-order chi connectivity index (χ0) is 69.0. The quantitative estimate of drug-likeness (QED) is 0.0169. The number of hydrogen-bond acceptors (Lipinski definition) is 15. The summed E-state index contributed by atoms with van der Waals surface area (Å²) in [5.41, 5.74) is 0. The largest absolute Gasteiger partial charge is 0.472 e. The molecule has 3 N–H and O–H groups in total. The molecular formula is C75H138O17P2. The molecule has 0 aromatic rings. The zero-order valence-electron chi connectivity index (χ0n) is 59.9. The fourth-order valence-corrected chi connectivity index (χ4v) is 12.1. The van der Waals surface area contributed by atoms with E-state index < -0.39 is 97.5 Å². The average molecular weight is 1370 g/mol. The van der Waals surface area contributed by atoms with E-state index in [1.165, 1.54) is 141 Å². The van der Waals surface area contributed by atoms with Crippen LogP contribution in [0.4, 0.5) is 0 Å². The van der Waals surface area contributed by atoms with Crippen LogP contribution in [0.1, 0.15) is 349 Å². The number of phosphoric acid groups is 2. The molecule has 2 unspecified atom stereocenters. The number of carbonyl (C=O) groups is 4. The fraction of sp³-hybridized carbons (Fsp3) is 0.840. The lowest BCUT2D eigenvalue weighted by Crippen LogP contribution is -2.30. The van der Waals surface area contributed by atoms with Crippen molar-refractivity contribution in [2.75, 3.05) is 39.6 Å². The third-order valence-electron chi connectivity index (χ3n) is 16.4. The van der Waals surface area contributed by atoms with Gasteiger partial charge in [0, 0.05) is 25.7 Å². The van der Waals surface area contributed by atoms with Crippen molar-refractivity contribution in [1.29, 1.82) is 0 Å². The van der Waals surface area contributed by atoms with E-state index in [-0.39, 0.29) is 25.7 Å². The summed E-state index contributed by atoms with van der Waals surface area (Å²) in [5, 5.41) is 10.6. The number of allylic oxidation sites excluding steroid dienone is 8. The van der Waals surface area contributed by atoms with E-state index in [1.807, 2.05) is 0 Å². The van der Waals surface area contributed by atoms with Crippen molar-refractivity contribution in [3.63, 3.8) is 0 Å². The van der Waals surface area contributed by atoms with Crippen molar-refractivity contribution < 1.29 is 80.2 Å². The second kappa shape index (κ2) is 68.5. The van der Waals surface area contributed by atoms with E-state index in [2.05, 4.69) is 76.3 Å². The van der Waals surface area contributed by atoms with Crippen molar-refractivity contribution in [3.8, 4) is 0 Å². The Bertz CT molecular complexity index is 1980. The summed E-state index contributed by atoms with van der Waals surface area (Å²) in [7, 11) is -9.92. The molecule has 0 aliphatic heterocycles. The molecule has 0 aliphatic carbocycles. The maximum Gasteiger partial charge on any atom is 0.472 e. The maximum absolute atomic E-state index is 13.0. The van der Waals surface area contributed by atoms with Gasteiger partial charge in [-0.3, -0.25) is 37.3 Å². The predicted octanol–water partition coefficient (Wildman–Crippen LogP) is 21.3. The maximum atomic E-state index is 13.0. The highest BCUT2D eigenvalue weighted by atomic mass is 31.2. The number of unbranched alkanes of at least 4 members (excludes halogenated alkanes) is 40. The third kappa shape index (κ3) is 67.6. The third-order valence-corrected chi connectivity index (χ3v) is 18.3. The fourth-order valence-electron chi connectivity index (χ4n) is 10.5. The van der Waals surface area contributed by atoms with Gasteiger partial charge in [-0.05, 0) is 77.0 Å². The molecule has 0 rings (SSSR count). The summed E-state index contributed by atoms with van der Waals surface area (Å²) < 4.78 is 68.2. The molecule has 0 heterocycles. The number of rotatable bonds is 72. The second-order valence-corrected chi connectivity index (χ2v) is 28.6. The summed E-state index contributed by atoms with van der Waals surface area (Å²) in [6.45, 7) is 4.75. The molecule has 550 valence electrons. The lowest BCUT2D eigenvalue weighted by molar-refractivity contribution is -0.161. The Hall–Kier alpha value is -2.98. The SMILES string of the molecule is CCCCCC/C=C\C=C/CCCCCCCC(=O)OC[C@H](COP(=O)(O)OC[C@@H](O)COP(=O)(O)OC[C@@H](COC(=O)CCCCCCC)OC(=O)CCCCCCC/C=C\C=C/CCCCCC)OC(=O)CCCCCCCCCCCCCCCCCCCCC. The molecule has 19 heteroatoms. The Morgan fingerprint density at radius 1 is 0.298 bits per heavy atom. The summed E-state index contributed by atoms with van der Waals surface area (Å²) in [4.78, 5) is 72.4. The van der Waals surface area contributed by atoms with E-state index in [0.29, 0.717) is 25.7 Å². The van der Waals surface area contributed by atoms with Gasteiger partial charge in [0.25, 0.3) is 0 Å². The summed E-state index contributed by atoms with van der Waals surface area (Å²) in [6.07, 6.45) is 64.5. The van der Waals surface area contributed by atoms with Gasteiger partial charge in [-0.15, -0.1) is 0 Å². The van der Waals surface area contributed by atoms with Crippen molar-refractivity contribution in [2.45, 2.75) is 367 Å². The van der Waals surface area contributed by atoms with Crippen LogP contribution in [0.3, 0.4) is 0 Å². The molecule has 0 aliphatic rings. The number of carbonyl (C=O) groups excluding carboxylic acids is 4. The molecule has 0 aromatic carbocycles. The van der Waals surface area contributed by atoms with Crippen LogP contribution in [-0.2, 0) is 65.4 Å². The molecule has 0 saturated carbocycles. The van der Waals surface area contributed by atoms with Crippen LogP contribution in [0.25, 0.3) is 0 Å². The van der Waals surface area contributed by atoms with Gasteiger partial charge in [-0.1, -0.05) is 295 Å². The predicted molar refractivity (Wildman–Crippen MR) is 381 cm³/mol. The first-order valence-electron chi connectivity index (χ1n) is 37.9. The first-order valence-corrected chi connectivity index (χ1v) is 40.9. The van der Waals surface area contributed by atoms with Crippen molar-refractivity contribution in [2.24, 2.45) is 0 Å². The van der Waals surface area contributed by atoms with Crippen LogP contribution in [0, 0.1) is 0 Å². The van der Waals surface area contributed by atoms with Crippen LogP contribution >= 0.6 is 15.6 Å². The van der Waals surface area contributed by atoms with Gasteiger partial charge in [0.15, 0.2) is 12.2 Å². The summed E-state index contributed by atoms with van der Waals surface area (Å²) in [6, 6.07) is 0. The lowest BCUT2D eigenvalue weighted by atomic mass is 10.0. The Labute approximate surface area is 572 Å². The molecule has 0 bridgehead atoms. The van der Waals surface area contributed by atoms with Gasteiger partial charge < -0.3 is 33.8 Å². The van der Waals surface area contributed by atoms with Gasteiger partial charge in [0.2, 0.25) is 0 Å². The molecule has 0 radical (unpaired) electrons. The van der Waals surface area contributed by atoms with Crippen LogP contribution in [0.2, 0.25) is 0 Å². The van der Waals surface area contributed by atoms with Crippen LogP contribution in [0.15, 0.2) is 48.6 Å². The monoisotopic (exact) mass is 1370 g/mol. The average Bonchev–Trinajstić information content (AvgIpc) is 1.30. The van der Waals surface area contributed by atoms with Gasteiger partial charge in [-0.25, -0.2) is 9.13 Å². The minimum absolute atomic E-state index is 0.0821.